The van der Waals surface area contributed by atoms with E-state index in [1.807, 2.05) is 36.4 Å². The summed E-state index contributed by atoms with van der Waals surface area (Å²) in [6, 6.07) is 20.4. The number of halogens is 1. The number of carbonyl (C=O) groups is 2. The van der Waals surface area contributed by atoms with E-state index in [1.165, 1.54) is 23.1 Å². The van der Waals surface area contributed by atoms with E-state index in [-0.39, 0.29) is 11.8 Å². The molecular formula is C25H23FN2O3. The highest BCUT2D eigenvalue weighted by Crippen LogP contribution is 2.35. The topological polar surface area (TPSA) is 58.6 Å². The summed E-state index contributed by atoms with van der Waals surface area (Å²) in [7, 11) is 1.59. The fourth-order valence-corrected chi connectivity index (χ4v) is 3.99. The SMILES string of the molecule is COc1ccc(CNC(=O)[C@@]2(C)Cc3ccccc3C(=O)N2c2cccc(F)c2)cc1. The molecule has 1 aliphatic heterocycles. The molecule has 1 heterocycles. The molecule has 0 saturated carbocycles. The van der Waals surface area contributed by atoms with Crippen LogP contribution in [-0.2, 0) is 17.8 Å². The Hall–Kier alpha value is -3.67. The molecular weight excluding hydrogens is 395 g/mol. The minimum atomic E-state index is -1.22. The number of benzene rings is 3. The molecule has 4 rings (SSSR count). The van der Waals surface area contributed by atoms with Gasteiger partial charge in [-0.15, -0.1) is 0 Å². The molecule has 3 aromatic rings. The maximum absolute atomic E-state index is 14.0. The van der Waals surface area contributed by atoms with Crippen LogP contribution < -0.4 is 15.0 Å². The fourth-order valence-electron chi connectivity index (χ4n) is 3.99. The lowest BCUT2D eigenvalue weighted by molar-refractivity contribution is -0.126. The number of carbonyl (C=O) groups excluding carboxylic acids is 2. The summed E-state index contributed by atoms with van der Waals surface area (Å²) in [5.74, 6) is -0.371. The minimum absolute atomic E-state index is 0.297. The Labute approximate surface area is 180 Å². The fraction of sp³-hybridized carbons (Fsp3) is 0.200. The molecule has 1 atom stereocenters. The van der Waals surface area contributed by atoms with Crippen molar-refractivity contribution in [1.29, 1.82) is 0 Å². The first-order valence-corrected chi connectivity index (χ1v) is 10.0. The largest absolute Gasteiger partial charge is 0.497 e. The average molecular weight is 418 g/mol. The van der Waals surface area contributed by atoms with Crippen LogP contribution in [0.15, 0.2) is 72.8 Å². The van der Waals surface area contributed by atoms with Crippen LogP contribution in [0.4, 0.5) is 10.1 Å². The zero-order valence-corrected chi connectivity index (χ0v) is 17.4. The molecule has 5 nitrogen and oxygen atoms in total. The highest BCUT2D eigenvalue weighted by Gasteiger charge is 2.47. The van der Waals surface area contributed by atoms with E-state index >= 15 is 0 Å². The Morgan fingerprint density at radius 1 is 1.10 bits per heavy atom. The first-order chi connectivity index (χ1) is 14.9. The van der Waals surface area contributed by atoms with Crippen molar-refractivity contribution in [1.82, 2.24) is 5.32 Å². The van der Waals surface area contributed by atoms with Gasteiger partial charge in [0, 0.05) is 24.2 Å². The summed E-state index contributed by atoms with van der Waals surface area (Å²) in [6.45, 7) is 2.01. The van der Waals surface area contributed by atoms with Crippen molar-refractivity contribution in [3.05, 3.63) is 95.3 Å². The van der Waals surface area contributed by atoms with E-state index in [0.29, 0.717) is 24.2 Å². The number of rotatable bonds is 5. The van der Waals surface area contributed by atoms with Crippen molar-refractivity contribution in [3.63, 3.8) is 0 Å². The van der Waals surface area contributed by atoms with Gasteiger partial charge in [-0.25, -0.2) is 4.39 Å². The number of methoxy groups -OCH3 is 1. The van der Waals surface area contributed by atoms with Crippen LogP contribution in [0.2, 0.25) is 0 Å². The Morgan fingerprint density at radius 3 is 2.55 bits per heavy atom. The molecule has 1 aliphatic rings. The number of anilines is 1. The third-order valence-corrected chi connectivity index (χ3v) is 5.65. The van der Waals surface area contributed by atoms with Crippen LogP contribution in [0.1, 0.15) is 28.4 Å². The summed E-state index contributed by atoms with van der Waals surface area (Å²) in [5, 5.41) is 2.94. The Bertz CT molecular complexity index is 1130. The standard InChI is InChI=1S/C25H23FN2O3/c1-25(24(30)27-16-17-10-12-21(31-2)13-11-17)15-18-6-3-4-9-22(18)23(29)28(25)20-8-5-7-19(26)14-20/h3-14H,15-16H2,1-2H3,(H,27,30)/t25-/m1/s1. The van der Waals surface area contributed by atoms with Gasteiger partial charge in [0.25, 0.3) is 5.91 Å². The molecule has 3 aromatic carbocycles. The summed E-state index contributed by atoms with van der Waals surface area (Å²) in [5.41, 5.74) is 1.35. The van der Waals surface area contributed by atoms with Crippen molar-refractivity contribution in [2.24, 2.45) is 0 Å². The molecule has 6 heteroatoms. The second-order valence-corrected chi connectivity index (χ2v) is 7.76. The van der Waals surface area contributed by atoms with E-state index in [2.05, 4.69) is 5.32 Å². The van der Waals surface area contributed by atoms with Gasteiger partial charge >= 0.3 is 0 Å². The summed E-state index contributed by atoms with van der Waals surface area (Å²) in [6.07, 6.45) is 0.319. The number of hydrogen-bond donors (Lipinski definition) is 1. The molecule has 0 bridgehead atoms. The van der Waals surface area contributed by atoms with Crippen molar-refractivity contribution in [2.45, 2.75) is 25.4 Å². The average Bonchev–Trinajstić information content (AvgIpc) is 2.78. The van der Waals surface area contributed by atoms with Gasteiger partial charge in [0.1, 0.15) is 17.1 Å². The first kappa shape index (κ1) is 20.6. The number of nitrogens with zero attached hydrogens (tertiary/aromatic N) is 1. The second-order valence-electron chi connectivity index (χ2n) is 7.76. The second kappa shape index (κ2) is 8.22. The molecule has 2 amide bonds. The Morgan fingerprint density at radius 2 is 1.84 bits per heavy atom. The number of ether oxygens (including phenoxy) is 1. The van der Waals surface area contributed by atoms with Crippen LogP contribution >= 0.6 is 0 Å². The highest BCUT2D eigenvalue weighted by atomic mass is 19.1. The van der Waals surface area contributed by atoms with Crippen molar-refractivity contribution in [3.8, 4) is 5.75 Å². The molecule has 1 N–H and O–H groups in total. The third kappa shape index (κ3) is 3.89. The lowest BCUT2D eigenvalue weighted by Gasteiger charge is -2.44. The molecule has 0 aliphatic carbocycles. The van der Waals surface area contributed by atoms with E-state index in [9.17, 15) is 14.0 Å². The van der Waals surface area contributed by atoms with E-state index in [0.717, 1.165) is 16.9 Å². The van der Waals surface area contributed by atoms with Crippen LogP contribution in [0.3, 0.4) is 0 Å². The zero-order valence-electron chi connectivity index (χ0n) is 17.4. The van der Waals surface area contributed by atoms with Gasteiger partial charge in [-0.05, 0) is 54.4 Å². The number of amides is 2. The third-order valence-electron chi connectivity index (χ3n) is 5.65. The lowest BCUT2D eigenvalue weighted by atomic mass is 9.82. The normalized spacial score (nSPS) is 17.8. The van der Waals surface area contributed by atoms with Crippen molar-refractivity contribution < 1.29 is 18.7 Å². The molecule has 0 fully saturated rings. The van der Waals surface area contributed by atoms with Crippen LogP contribution in [0, 0.1) is 5.82 Å². The maximum Gasteiger partial charge on any atom is 0.259 e. The zero-order chi connectivity index (χ0) is 22.0. The molecule has 0 saturated heterocycles. The van der Waals surface area contributed by atoms with Gasteiger partial charge in [-0.3, -0.25) is 14.5 Å². The predicted octanol–water partition coefficient (Wildman–Crippen LogP) is 4.11. The number of nitrogens with one attached hydrogen (secondary N) is 1. The quantitative estimate of drug-likeness (QED) is 0.678. The molecule has 0 unspecified atom stereocenters. The van der Waals surface area contributed by atoms with Crippen molar-refractivity contribution >= 4 is 17.5 Å². The van der Waals surface area contributed by atoms with E-state index in [4.69, 9.17) is 4.74 Å². The predicted molar refractivity (Wildman–Crippen MR) is 117 cm³/mol. The van der Waals surface area contributed by atoms with Crippen molar-refractivity contribution in [2.75, 3.05) is 12.0 Å². The van der Waals surface area contributed by atoms with Crippen LogP contribution in [-0.4, -0.2) is 24.5 Å². The van der Waals surface area contributed by atoms with Gasteiger partial charge in [-0.2, -0.15) is 0 Å². The minimum Gasteiger partial charge on any atom is -0.497 e. The lowest BCUT2D eigenvalue weighted by Crippen LogP contribution is -2.63. The highest BCUT2D eigenvalue weighted by molar-refractivity contribution is 6.14. The molecule has 158 valence electrons. The molecule has 0 radical (unpaired) electrons. The number of hydrogen-bond acceptors (Lipinski definition) is 3. The summed E-state index contributed by atoms with van der Waals surface area (Å²) >= 11 is 0. The van der Waals surface area contributed by atoms with Crippen LogP contribution in [0.5, 0.6) is 5.75 Å². The van der Waals surface area contributed by atoms with Gasteiger partial charge in [0.05, 0.1) is 7.11 Å². The Balaban J connectivity index is 1.67. The number of fused-ring (bicyclic) bond motifs is 1. The molecule has 0 spiro atoms. The van der Waals surface area contributed by atoms with E-state index < -0.39 is 11.4 Å². The molecule has 0 aromatic heterocycles. The van der Waals surface area contributed by atoms with Gasteiger partial charge in [0.15, 0.2) is 0 Å². The summed E-state index contributed by atoms with van der Waals surface area (Å²) in [4.78, 5) is 28.2. The summed E-state index contributed by atoms with van der Waals surface area (Å²) < 4.78 is 19.1. The maximum atomic E-state index is 14.0. The Kier molecular flexibility index (Phi) is 5.46. The smallest absolute Gasteiger partial charge is 0.259 e. The van der Waals surface area contributed by atoms with Gasteiger partial charge in [-0.1, -0.05) is 36.4 Å². The van der Waals surface area contributed by atoms with E-state index in [1.54, 1.807) is 32.2 Å². The monoisotopic (exact) mass is 418 g/mol. The van der Waals surface area contributed by atoms with Gasteiger partial charge < -0.3 is 10.1 Å². The van der Waals surface area contributed by atoms with Crippen LogP contribution in [0.25, 0.3) is 0 Å². The van der Waals surface area contributed by atoms with Gasteiger partial charge in [0.2, 0.25) is 5.91 Å². The first-order valence-electron chi connectivity index (χ1n) is 10.0. The molecule has 31 heavy (non-hydrogen) atoms.